The third kappa shape index (κ3) is 4.49. The van der Waals surface area contributed by atoms with E-state index in [1.807, 2.05) is 30.3 Å². The van der Waals surface area contributed by atoms with Crippen LogP contribution < -0.4 is 17.0 Å². The first-order chi connectivity index (χ1) is 16.3. The molecule has 36 heavy (non-hydrogen) atoms. The molecule has 0 amide bonds. The predicted octanol–water partition coefficient (Wildman–Crippen LogP) is 4.08. The molecule has 6 atom stereocenters. The first kappa shape index (κ1) is 27.5. The normalized spacial score (nSPS) is 33.4. The Bertz CT molecular complexity index is 1060. The van der Waals surface area contributed by atoms with Crippen LogP contribution in [-0.4, -0.2) is 29.2 Å². The van der Waals surface area contributed by atoms with Gasteiger partial charge in [0.15, 0.2) is 0 Å². The summed E-state index contributed by atoms with van der Waals surface area (Å²) in [5.41, 5.74) is -1.57. The molecule has 2 nitrogen and oxygen atoms in total. The van der Waals surface area contributed by atoms with Crippen molar-refractivity contribution in [1.82, 2.24) is 0 Å². The molecule has 0 bridgehead atoms. The quantitative estimate of drug-likeness (QED) is 0.384. The van der Waals surface area contributed by atoms with Gasteiger partial charge in [-0.15, -0.1) is 0 Å². The molecule has 0 N–H and O–H groups in total. The van der Waals surface area contributed by atoms with Gasteiger partial charge in [0.25, 0.3) is 0 Å². The van der Waals surface area contributed by atoms with Crippen molar-refractivity contribution in [3.05, 3.63) is 70.8 Å². The maximum Gasteiger partial charge on any atom is 0.416 e. The number of halogens is 7. The van der Waals surface area contributed by atoms with Crippen LogP contribution in [0.4, 0.5) is 26.3 Å². The van der Waals surface area contributed by atoms with Gasteiger partial charge in [-0.2, -0.15) is 26.3 Å². The second-order valence-corrected chi connectivity index (χ2v) is 10.9. The van der Waals surface area contributed by atoms with Crippen molar-refractivity contribution < 1.29 is 52.5 Å². The molecule has 2 saturated heterocycles. The Morgan fingerprint density at radius 3 is 2.03 bits per heavy atom. The van der Waals surface area contributed by atoms with Gasteiger partial charge < -0.3 is 26.2 Å². The molecule has 0 spiro atoms. The minimum Gasteiger partial charge on any atom is -1.00 e. The number of nitrogens with zero attached hydrogens (tertiary/aromatic N) is 1. The van der Waals surface area contributed by atoms with Crippen molar-refractivity contribution in [3.63, 3.8) is 0 Å². The Balaban J connectivity index is 0.00000304. The lowest BCUT2D eigenvalue weighted by molar-refractivity contribution is -0.967. The van der Waals surface area contributed by atoms with Crippen LogP contribution in [0.15, 0.2) is 48.5 Å². The molecule has 3 aliphatic rings. The summed E-state index contributed by atoms with van der Waals surface area (Å²) in [6.45, 7) is 6.30. The number of hydrogen-bond acceptors (Lipinski definition) is 1. The van der Waals surface area contributed by atoms with Gasteiger partial charge in [-0.1, -0.05) is 37.3 Å². The molecule has 1 aliphatic carbocycles. The van der Waals surface area contributed by atoms with Crippen molar-refractivity contribution in [2.45, 2.75) is 63.8 Å². The van der Waals surface area contributed by atoms with Crippen LogP contribution in [0.2, 0.25) is 0 Å². The lowest BCUT2D eigenvalue weighted by Gasteiger charge is -2.44. The van der Waals surface area contributed by atoms with Gasteiger partial charge in [-0.25, -0.2) is 0 Å². The van der Waals surface area contributed by atoms with E-state index in [9.17, 15) is 26.3 Å². The van der Waals surface area contributed by atoms with E-state index < -0.39 is 23.5 Å². The SMILES string of the molecule is C[C@@H]1C[N@@+]2(Cc3cc(C(F)(F)F)cc(C(F)(F)F)c3)C[C@@H](OCc3ccccc3)[C@H]3CC[C@@H]1[C@]32C.[Br-]. The molecular weight excluding hydrogens is 548 g/mol. The van der Waals surface area contributed by atoms with Crippen molar-refractivity contribution >= 4 is 0 Å². The topological polar surface area (TPSA) is 9.23 Å². The van der Waals surface area contributed by atoms with Gasteiger partial charge in [0.1, 0.15) is 24.7 Å². The zero-order chi connectivity index (χ0) is 25.2. The highest BCUT2D eigenvalue weighted by Crippen LogP contribution is 2.63. The van der Waals surface area contributed by atoms with Gasteiger partial charge >= 0.3 is 12.4 Å². The molecule has 0 radical (unpaired) electrons. The summed E-state index contributed by atoms with van der Waals surface area (Å²) in [6, 6.07) is 11.8. The van der Waals surface area contributed by atoms with E-state index in [4.69, 9.17) is 4.74 Å². The van der Waals surface area contributed by atoms with Gasteiger partial charge in [-0.3, -0.25) is 0 Å². The first-order valence-electron chi connectivity index (χ1n) is 12.1. The Morgan fingerprint density at radius 2 is 1.44 bits per heavy atom. The third-order valence-corrected chi connectivity index (χ3v) is 9.05. The summed E-state index contributed by atoms with van der Waals surface area (Å²) < 4.78 is 88.0. The number of hydrogen-bond donors (Lipinski definition) is 0. The lowest BCUT2D eigenvalue weighted by Crippen LogP contribution is -3.00. The van der Waals surface area contributed by atoms with Crippen molar-refractivity contribution in [3.8, 4) is 0 Å². The zero-order valence-electron chi connectivity index (χ0n) is 20.2. The molecule has 2 aliphatic heterocycles. The van der Waals surface area contributed by atoms with E-state index in [1.165, 1.54) is 0 Å². The lowest BCUT2D eigenvalue weighted by atomic mass is 9.80. The van der Waals surface area contributed by atoms with Crippen LogP contribution in [0.3, 0.4) is 0 Å². The highest BCUT2D eigenvalue weighted by molar-refractivity contribution is 5.33. The molecule has 5 rings (SSSR count). The summed E-state index contributed by atoms with van der Waals surface area (Å²) in [7, 11) is 0. The Morgan fingerprint density at radius 1 is 0.861 bits per heavy atom. The molecule has 9 heteroatoms. The minimum absolute atomic E-state index is 0. The summed E-state index contributed by atoms with van der Waals surface area (Å²) in [5, 5.41) is 0. The monoisotopic (exact) mass is 577 g/mol. The Kier molecular flexibility index (Phi) is 7.10. The number of rotatable bonds is 5. The number of alkyl halides is 6. The van der Waals surface area contributed by atoms with E-state index >= 15 is 0 Å². The van der Waals surface area contributed by atoms with Gasteiger partial charge in [0.2, 0.25) is 0 Å². The summed E-state index contributed by atoms with van der Waals surface area (Å²) >= 11 is 0. The Hall–Kier alpha value is -1.58. The van der Waals surface area contributed by atoms with Crippen LogP contribution >= 0.6 is 0 Å². The molecule has 3 fully saturated rings. The van der Waals surface area contributed by atoms with Crippen molar-refractivity contribution in [2.24, 2.45) is 17.8 Å². The van der Waals surface area contributed by atoms with Gasteiger partial charge in [-0.05, 0) is 43.5 Å². The molecular formula is C27H30BrF6NO. The average Bonchev–Trinajstić information content (AvgIpc) is 3.32. The van der Waals surface area contributed by atoms with Crippen molar-refractivity contribution in [1.29, 1.82) is 0 Å². The van der Waals surface area contributed by atoms with E-state index in [-0.39, 0.29) is 52.7 Å². The van der Waals surface area contributed by atoms with E-state index in [0.29, 0.717) is 29.5 Å². The average molecular weight is 578 g/mol. The molecule has 2 aromatic rings. The second kappa shape index (κ2) is 9.31. The third-order valence-electron chi connectivity index (χ3n) is 9.05. The fraction of sp³-hybridized carbons (Fsp3) is 0.556. The molecule has 198 valence electrons. The largest absolute Gasteiger partial charge is 1.00 e. The first-order valence-corrected chi connectivity index (χ1v) is 12.1. The maximum absolute atomic E-state index is 13.5. The number of benzene rings is 2. The standard InChI is InChI=1S/C27H30F6NO.BrH/c1-17-13-34(14-19-10-20(26(28,29)30)12-21(11-19)27(31,32)33)15-24(23-9-8-22(17)25(23,34)2)35-16-18-6-4-3-5-7-18;/h3-7,10-12,17,22-24H,8-9,13-16H2,1-2H3;1H/q+1;/p-1/t17-,22+,23-,24-,25-,34-;/m1./s1. The maximum atomic E-state index is 13.5. The van der Waals surface area contributed by atoms with Crippen molar-refractivity contribution in [2.75, 3.05) is 13.1 Å². The minimum atomic E-state index is -4.84. The smallest absolute Gasteiger partial charge is 0.416 e. The molecule has 2 heterocycles. The van der Waals surface area contributed by atoms with E-state index in [0.717, 1.165) is 37.1 Å². The Labute approximate surface area is 218 Å². The second-order valence-electron chi connectivity index (χ2n) is 10.9. The molecule has 0 aromatic heterocycles. The van der Waals surface area contributed by atoms with Crippen LogP contribution in [0, 0.1) is 17.8 Å². The molecule has 0 unspecified atom stereocenters. The number of ether oxygens (including phenoxy) is 1. The molecule has 1 saturated carbocycles. The summed E-state index contributed by atoms with van der Waals surface area (Å²) in [4.78, 5) is 0. The highest BCUT2D eigenvalue weighted by Gasteiger charge is 2.73. The van der Waals surface area contributed by atoms with E-state index in [1.54, 1.807) is 0 Å². The predicted molar refractivity (Wildman–Crippen MR) is 119 cm³/mol. The van der Waals surface area contributed by atoms with Crippen LogP contribution in [0.25, 0.3) is 0 Å². The van der Waals surface area contributed by atoms with Crippen LogP contribution in [0.5, 0.6) is 0 Å². The van der Waals surface area contributed by atoms with Gasteiger partial charge in [0.05, 0.1) is 24.3 Å². The summed E-state index contributed by atoms with van der Waals surface area (Å²) in [6.07, 6.45) is -7.78. The summed E-state index contributed by atoms with van der Waals surface area (Å²) in [5.74, 6) is 0.965. The van der Waals surface area contributed by atoms with E-state index in [2.05, 4.69) is 13.8 Å². The molecule has 2 aromatic carbocycles. The van der Waals surface area contributed by atoms with Crippen LogP contribution in [0.1, 0.15) is 48.9 Å². The van der Waals surface area contributed by atoms with Gasteiger partial charge in [0, 0.05) is 23.3 Å². The fourth-order valence-electron chi connectivity index (χ4n) is 7.67. The fourth-order valence-corrected chi connectivity index (χ4v) is 7.67. The van der Waals surface area contributed by atoms with Crippen LogP contribution in [-0.2, 0) is 30.2 Å². The number of quaternary nitrogens is 1. The zero-order valence-corrected chi connectivity index (χ0v) is 21.8. The highest BCUT2D eigenvalue weighted by atomic mass is 79.9.